The Balaban J connectivity index is 2.78. The first kappa shape index (κ1) is 10.9. The van der Waals surface area contributed by atoms with Crippen LogP contribution < -0.4 is 5.73 Å². The highest BCUT2D eigenvalue weighted by molar-refractivity contribution is 6.32. The smallest absolute Gasteiger partial charge is 0.0661 e. The largest absolute Gasteiger partial charge is 0.398 e. The van der Waals surface area contributed by atoms with Gasteiger partial charge in [-0.2, -0.15) is 0 Å². The molecule has 1 rings (SSSR count). The topological polar surface area (TPSA) is 26.0 Å². The molecule has 2 N–H and O–H groups in total. The zero-order valence-corrected chi connectivity index (χ0v) is 9.06. The van der Waals surface area contributed by atoms with Crippen molar-refractivity contribution in [3.8, 4) is 11.8 Å². The van der Waals surface area contributed by atoms with Gasteiger partial charge >= 0.3 is 0 Å². The Bertz CT molecular complexity index is 340. The molecule has 0 aromatic heterocycles. The lowest BCUT2D eigenvalue weighted by atomic mass is 10.1. The molecule has 0 saturated heterocycles. The Hall–Kier alpha value is -1.13. The van der Waals surface area contributed by atoms with E-state index in [4.69, 9.17) is 17.3 Å². The molecule has 0 fully saturated rings. The molecular weight excluding hydrogens is 194 g/mol. The average molecular weight is 208 g/mol. The van der Waals surface area contributed by atoms with Gasteiger partial charge in [-0.1, -0.05) is 42.9 Å². The number of hydrogen-bond acceptors (Lipinski definition) is 1. The summed E-state index contributed by atoms with van der Waals surface area (Å²) in [6, 6.07) is 5.45. The van der Waals surface area contributed by atoms with Crippen LogP contribution in [0.4, 0.5) is 5.69 Å². The molecule has 0 unspecified atom stereocenters. The Labute approximate surface area is 90.3 Å². The first-order valence-corrected chi connectivity index (χ1v) is 5.16. The van der Waals surface area contributed by atoms with E-state index in [0.717, 1.165) is 24.8 Å². The van der Waals surface area contributed by atoms with E-state index in [2.05, 4.69) is 18.8 Å². The predicted molar refractivity (Wildman–Crippen MR) is 62.3 cm³/mol. The van der Waals surface area contributed by atoms with E-state index in [9.17, 15) is 0 Å². The molecule has 74 valence electrons. The second-order valence-electron chi connectivity index (χ2n) is 3.11. The van der Waals surface area contributed by atoms with Crippen LogP contribution in [-0.2, 0) is 0 Å². The summed E-state index contributed by atoms with van der Waals surface area (Å²) < 4.78 is 0. The van der Waals surface area contributed by atoms with Crippen LogP contribution in [0.3, 0.4) is 0 Å². The molecule has 0 saturated carbocycles. The third-order valence-corrected chi connectivity index (χ3v) is 2.23. The summed E-state index contributed by atoms with van der Waals surface area (Å²) in [6.07, 6.45) is 3.19. The minimum absolute atomic E-state index is 0.633. The first-order valence-electron chi connectivity index (χ1n) is 4.78. The second-order valence-corrected chi connectivity index (χ2v) is 3.52. The van der Waals surface area contributed by atoms with Crippen LogP contribution in [0.1, 0.15) is 31.7 Å². The van der Waals surface area contributed by atoms with Gasteiger partial charge in [0.2, 0.25) is 0 Å². The number of anilines is 1. The lowest BCUT2D eigenvalue weighted by Crippen LogP contribution is -1.90. The summed E-state index contributed by atoms with van der Waals surface area (Å²) in [4.78, 5) is 0. The van der Waals surface area contributed by atoms with Crippen molar-refractivity contribution in [2.24, 2.45) is 0 Å². The van der Waals surface area contributed by atoms with Crippen molar-refractivity contribution in [1.82, 2.24) is 0 Å². The van der Waals surface area contributed by atoms with Gasteiger partial charge in [-0.15, -0.1) is 0 Å². The Morgan fingerprint density at radius 2 is 2.21 bits per heavy atom. The van der Waals surface area contributed by atoms with E-state index in [1.807, 2.05) is 18.2 Å². The van der Waals surface area contributed by atoms with Crippen molar-refractivity contribution in [3.63, 3.8) is 0 Å². The molecular formula is C12H14ClN. The lowest BCUT2D eigenvalue weighted by molar-refractivity contribution is 0.828. The number of nitrogen functional groups attached to an aromatic ring is 1. The quantitative estimate of drug-likeness (QED) is 0.449. The number of benzene rings is 1. The molecule has 0 atom stereocenters. The summed E-state index contributed by atoms with van der Waals surface area (Å²) in [5.41, 5.74) is 7.16. The van der Waals surface area contributed by atoms with Gasteiger partial charge in [-0.05, 0) is 18.6 Å². The molecule has 0 spiro atoms. The van der Waals surface area contributed by atoms with Crippen LogP contribution >= 0.6 is 11.6 Å². The minimum atomic E-state index is 0.633. The van der Waals surface area contributed by atoms with Crippen LogP contribution in [0, 0.1) is 11.8 Å². The third-order valence-electron chi connectivity index (χ3n) is 1.91. The maximum absolute atomic E-state index is 5.96. The molecule has 2 heteroatoms. The average Bonchev–Trinajstić information content (AvgIpc) is 2.16. The van der Waals surface area contributed by atoms with Crippen molar-refractivity contribution >= 4 is 17.3 Å². The van der Waals surface area contributed by atoms with Crippen LogP contribution in [-0.4, -0.2) is 0 Å². The maximum atomic E-state index is 5.96. The first-order chi connectivity index (χ1) is 6.75. The standard InChI is InChI=1S/C12H14ClN/c1-2-3-4-5-7-10-11(13)8-6-9-12(10)14/h6,8-9H,2-4,14H2,1H3. The fraction of sp³-hybridized carbons (Fsp3) is 0.333. The number of unbranched alkanes of at least 4 members (excludes halogenated alkanes) is 2. The summed E-state index contributed by atoms with van der Waals surface area (Å²) in [5.74, 6) is 6.08. The molecule has 1 nitrogen and oxygen atoms in total. The molecule has 0 bridgehead atoms. The van der Waals surface area contributed by atoms with Crippen LogP contribution in [0.15, 0.2) is 18.2 Å². The van der Waals surface area contributed by atoms with Crippen molar-refractivity contribution in [2.45, 2.75) is 26.2 Å². The fourth-order valence-corrected chi connectivity index (χ4v) is 1.32. The van der Waals surface area contributed by atoms with Gasteiger partial charge in [0.15, 0.2) is 0 Å². The molecule has 0 aliphatic heterocycles. The number of nitrogens with two attached hydrogens (primary N) is 1. The minimum Gasteiger partial charge on any atom is -0.398 e. The monoisotopic (exact) mass is 207 g/mol. The van der Waals surface area contributed by atoms with Crippen molar-refractivity contribution in [1.29, 1.82) is 0 Å². The summed E-state index contributed by atoms with van der Waals surface area (Å²) in [5, 5.41) is 0.633. The van der Waals surface area contributed by atoms with Crippen molar-refractivity contribution < 1.29 is 0 Å². The fourth-order valence-electron chi connectivity index (χ4n) is 1.09. The van der Waals surface area contributed by atoms with Gasteiger partial charge in [-0.3, -0.25) is 0 Å². The molecule has 0 amide bonds. The predicted octanol–water partition coefficient (Wildman–Crippen LogP) is 3.46. The molecule has 14 heavy (non-hydrogen) atoms. The molecule has 0 aliphatic rings. The lowest BCUT2D eigenvalue weighted by Gasteiger charge is -1.99. The van der Waals surface area contributed by atoms with Crippen LogP contribution in [0.2, 0.25) is 5.02 Å². The van der Waals surface area contributed by atoms with E-state index in [0.29, 0.717) is 10.7 Å². The molecule has 1 aromatic carbocycles. The SMILES string of the molecule is CCCCC#Cc1c(N)cccc1Cl. The van der Waals surface area contributed by atoms with E-state index < -0.39 is 0 Å². The van der Waals surface area contributed by atoms with Crippen LogP contribution in [0.5, 0.6) is 0 Å². The van der Waals surface area contributed by atoms with E-state index in [1.54, 1.807) is 0 Å². The van der Waals surface area contributed by atoms with Gasteiger partial charge in [-0.25, -0.2) is 0 Å². The number of halogens is 1. The van der Waals surface area contributed by atoms with Gasteiger partial charge in [0.1, 0.15) is 0 Å². The zero-order valence-electron chi connectivity index (χ0n) is 8.31. The van der Waals surface area contributed by atoms with Crippen molar-refractivity contribution in [3.05, 3.63) is 28.8 Å². The highest BCUT2D eigenvalue weighted by Gasteiger charge is 1.99. The molecule has 1 aromatic rings. The summed E-state index contributed by atoms with van der Waals surface area (Å²) in [6.45, 7) is 2.14. The highest BCUT2D eigenvalue weighted by Crippen LogP contribution is 2.20. The van der Waals surface area contributed by atoms with Gasteiger partial charge in [0, 0.05) is 12.1 Å². The molecule has 0 aliphatic carbocycles. The summed E-state index contributed by atoms with van der Waals surface area (Å²) in [7, 11) is 0. The van der Waals surface area contributed by atoms with E-state index >= 15 is 0 Å². The Kier molecular flexibility index (Phi) is 4.35. The normalized spacial score (nSPS) is 9.29. The molecule has 0 heterocycles. The maximum Gasteiger partial charge on any atom is 0.0661 e. The van der Waals surface area contributed by atoms with Crippen molar-refractivity contribution in [2.75, 3.05) is 5.73 Å². The second kappa shape index (κ2) is 5.57. The Morgan fingerprint density at radius 3 is 2.86 bits per heavy atom. The van der Waals surface area contributed by atoms with Crippen LogP contribution in [0.25, 0.3) is 0 Å². The Morgan fingerprint density at radius 1 is 1.43 bits per heavy atom. The third kappa shape index (κ3) is 2.97. The summed E-state index contributed by atoms with van der Waals surface area (Å²) >= 11 is 5.96. The molecule has 0 radical (unpaired) electrons. The highest BCUT2D eigenvalue weighted by atomic mass is 35.5. The van der Waals surface area contributed by atoms with Gasteiger partial charge < -0.3 is 5.73 Å². The van der Waals surface area contributed by atoms with E-state index in [1.165, 1.54) is 0 Å². The number of hydrogen-bond donors (Lipinski definition) is 1. The van der Waals surface area contributed by atoms with E-state index in [-0.39, 0.29) is 0 Å². The van der Waals surface area contributed by atoms with Gasteiger partial charge in [0.05, 0.1) is 10.6 Å². The zero-order chi connectivity index (χ0) is 10.4. The van der Waals surface area contributed by atoms with Gasteiger partial charge in [0.25, 0.3) is 0 Å². The number of rotatable bonds is 2.